The largest absolute Gasteiger partial charge is 0.321 e. The molecule has 78 valence electrons. The quantitative estimate of drug-likeness (QED) is 0.788. The molecule has 0 saturated carbocycles. The van der Waals surface area contributed by atoms with Gasteiger partial charge in [0.1, 0.15) is 5.82 Å². The Morgan fingerprint density at radius 1 is 1.29 bits per heavy atom. The van der Waals surface area contributed by atoms with Gasteiger partial charge in [0.25, 0.3) is 0 Å². The molecule has 1 rings (SSSR count). The van der Waals surface area contributed by atoms with Crippen molar-refractivity contribution in [1.29, 1.82) is 0 Å². The summed E-state index contributed by atoms with van der Waals surface area (Å²) in [6.07, 6.45) is 0.857. The molecule has 0 saturated heterocycles. The zero-order valence-electron chi connectivity index (χ0n) is 9.05. The monoisotopic (exact) mass is 195 g/mol. The fourth-order valence-corrected chi connectivity index (χ4v) is 1.71. The summed E-state index contributed by atoms with van der Waals surface area (Å²) in [6, 6.07) is 6.49. The predicted octanol–water partition coefficient (Wildman–Crippen LogP) is 3.05. The molecule has 1 aromatic rings. The average Bonchev–Trinajstić information content (AvgIpc) is 2.17. The van der Waals surface area contributed by atoms with E-state index in [9.17, 15) is 4.39 Å². The molecule has 0 aliphatic carbocycles. The van der Waals surface area contributed by atoms with Gasteiger partial charge in [0.05, 0.1) is 0 Å². The highest BCUT2D eigenvalue weighted by atomic mass is 19.1. The second kappa shape index (κ2) is 4.09. The first-order valence-electron chi connectivity index (χ1n) is 5.05. The van der Waals surface area contributed by atoms with Crippen molar-refractivity contribution >= 4 is 0 Å². The summed E-state index contributed by atoms with van der Waals surface area (Å²) in [5, 5.41) is 0. The lowest BCUT2D eigenvalue weighted by atomic mass is 9.79. The molecule has 0 aliphatic rings. The topological polar surface area (TPSA) is 26.0 Å². The Morgan fingerprint density at radius 3 is 2.14 bits per heavy atom. The van der Waals surface area contributed by atoms with E-state index in [0.717, 1.165) is 12.0 Å². The van der Waals surface area contributed by atoms with E-state index in [-0.39, 0.29) is 11.4 Å². The lowest BCUT2D eigenvalue weighted by molar-refractivity contribution is 0.305. The smallest absolute Gasteiger partial charge is 0.123 e. The lowest BCUT2D eigenvalue weighted by Gasteiger charge is -2.33. The maximum atomic E-state index is 12.7. The summed E-state index contributed by atoms with van der Waals surface area (Å²) >= 11 is 0. The van der Waals surface area contributed by atoms with Crippen LogP contribution in [0.4, 0.5) is 4.39 Å². The first-order chi connectivity index (χ1) is 6.50. The van der Waals surface area contributed by atoms with Crippen molar-refractivity contribution in [1.82, 2.24) is 0 Å². The van der Waals surface area contributed by atoms with Gasteiger partial charge in [-0.25, -0.2) is 4.39 Å². The van der Waals surface area contributed by atoms with Crippen molar-refractivity contribution in [3.8, 4) is 0 Å². The van der Waals surface area contributed by atoms with E-state index < -0.39 is 0 Å². The van der Waals surface area contributed by atoms with Crippen molar-refractivity contribution in [2.24, 2.45) is 11.7 Å². The van der Waals surface area contributed by atoms with E-state index in [1.165, 1.54) is 12.1 Å². The van der Waals surface area contributed by atoms with Crippen LogP contribution in [0.2, 0.25) is 0 Å². The number of halogens is 1. The molecule has 1 aromatic carbocycles. The van der Waals surface area contributed by atoms with Gasteiger partial charge in [0, 0.05) is 5.54 Å². The van der Waals surface area contributed by atoms with Crippen LogP contribution in [0, 0.1) is 11.7 Å². The highest BCUT2D eigenvalue weighted by molar-refractivity contribution is 5.25. The third kappa shape index (κ3) is 1.95. The third-order valence-electron chi connectivity index (χ3n) is 3.00. The Balaban J connectivity index is 3.06. The summed E-state index contributed by atoms with van der Waals surface area (Å²) in [4.78, 5) is 0. The Morgan fingerprint density at radius 2 is 1.79 bits per heavy atom. The maximum Gasteiger partial charge on any atom is 0.123 e. The van der Waals surface area contributed by atoms with Gasteiger partial charge in [-0.3, -0.25) is 0 Å². The first kappa shape index (κ1) is 11.2. The first-order valence-corrected chi connectivity index (χ1v) is 5.05. The molecule has 0 amide bonds. The van der Waals surface area contributed by atoms with Crippen LogP contribution in [-0.2, 0) is 5.54 Å². The van der Waals surface area contributed by atoms with E-state index >= 15 is 0 Å². The lowest BCUT2D eigenvalue weighted by Crippen LogP contribution is -2.41. The number of hydrogen-bond acceptors (Lipinski definition) is 1. The molecule has 1 atom stereocenters. The van der Waals surface area contributed by atoms with Crippen LogP contribution in [0.5, 0.6) is 0 Å². The molecular weight excluding hydrogens is 177 g/mol. The van der Waals surface area contributed by atoms with Gasteiger partial charge in [-0.1, -0.05) is 32.9 Å². The molecule has 0 fully saturated rings. The number of hydrogen-bond donors (Lipinski definition) is 1. The molecular formula is C12H18FN. The highest BCUT2D eigenvalue weighted by Crippen LogP contribution is 2.29. The number of nitrogens with two attached hydrogens (primary N) is 1. The van der Waals surface area contributed by atoms with E-state index in [4.69, 9.17) is 5.73 Å². The van der Waals surface area contributed by atoms with Crippen LogP contribution < -0.4 is 5.73 Å². The summed E-state index contributed by atoms with van der Waals surface area (Å²) in [7, 11) is 0. The van der Waals surface area contributed by atoms with E-state index in [1.807, 2.05) is 0 Å². The number of rotatable bonds is 3. The average molecular weight is 195 g/mol. The minimum Gasteiger partial charge on any atom is -0.321 e. The van der Waals surface area contributed by atoms with Crippen LogP contribution >= 0.6 is 0 Å². The van der Waals surface area contributed by atoms with Gasteiger partial charge in [-0.05, 0) is 30.0 Å². The van der Waals surface area contributed by atoms with Crippen molar-refractivity contribution in [3.63, 3.8) is 0 Å². The molecule has 0 heterocycles. The van der Waals surface area contributed by atoms with Gasteiger partial charge in [0.15, 0.2) is 0 Å². The second-order valence-electron chi connectivity index (χ2n) is 4.06. The van der Waals surface area contributed by atoms with Crippen molar-refractivity contribution in [2.75, 3.05) is 0 Å². The van der Waals surface area contributed by atoms with E-state index in [1.54, 1.807) is 12.1 Å². The van der Waals surface area contributed by atoms with Gasteiger partial charge in [-0.15, -0.1) is 0 Å². The second-order valence-corrected chi connectivity index (χ2v) is 4.06. The Hall–Kier alpha value is -0.890. The van der Waals surface area contributed by atoms with Gasteiger partial charge >= 0.3 is 0 Å². The maximum absolute atomic E-state index is 12.7. The van der Waals surface area contributed by atoms with Crippen molar-refractivity contribution in [3.05, 3.63) is 35.6 Å². The fourth-order valence-electron chi connectivity index (χ4n) is 1.71. The third-order valence-corrected chi connectivity index (χ3v) is 3.00. The molecule has 2 N–H and O–H groups in total. The van der Waals surface area contributed by atoms with E-state index in [2.05, 4.69) is 20.8 Å². The van der Waals surface area contributed by atoms with Gasteiger partial charge < -0.3 is 5.73 Å². The van der Waals surface area contributed by atoms with Crippen LogP contribution in [0.25, 0.3) is 0 Å². The van der Waals surface area contributed by atoms with E-state index in [0.29, 0.717) is 5.92 Å². The van der Waals surface area contributed by atoms with Crippen LogP contribution in [-0.4, -0.2) is 0 Å². The zero-order chi connectivity index (χ0) is 10.8. The molecule has 1 unspecified atom stereocenters. The molecule has 0 aliphatic heterocycles. The van der Waals surface area contributed by atoms with Crippen LogP contribution in [0.1, 0.15) is 32.8 Å². The molecule has 2 heteroatoms. The molecule has 0 bridgehead atoms. The number of benzene rings is 1. The van der Waals surface area contributed by atoms with Crippen LogP contribution in [0.3, 0.4) is 0 Å². The summed E-state index contributed by atoms with van der Waals surface area (Å²) in [5.74, 6) is 0.133. The summed E-state index contributed by atoms with van der Waals surface area (Å²) in [5.41, 5.74) is 6.96. The fraction of sp³-hybridized carbons (Fsp3) is 0.500. The van der Waals surface area contributed by atoms with Gasteiger partial charge in [0.2, 0.25) is 0 Å². The normalized spacial score (nSPS) is 15.6. The minimum atomic E-state index is -0.340. The molecule has 0 radical (unpaired) electrons. The SMILES string of the molecule is CCC(N)(c1ccc(F)cc1)C(C)C. The Labute approximate surface area is 85.1 Å². The Kier molecular flexibility index (Phi) is 3.27. The summed E-state index contributed by atoms with van der Waals surface area (Å²) < 4.78 is 12.7. The highest BCUT2D eigenvalue weighted by Gasteiger charge is 2.28. The zero-order valence-corrected chi connectivity index (χ0v) is 9.05. The summed E-state index contributed by atoms with van der Waals surface area (Å²) in [6.45, 7) is 6.24. The van der Waals surface area contributed by atoms with Crippen molar-refractivity contribution in [2.45, 2.75) is 32.7 Å². The molecule has 1 nitrogen and oxygen atoms in total. The standard InChI is InChI=1S/C12H18FN/c1-4-12(14,9(2)3)10-5-7-11(13)8-6-10/h5-9H,4,14H2,1-3H3. The molecule has 0 aromatic heterocycles. The molecule has 14 heavy (non-hydrogen) atoms. The van der Waals surface area contributed by atoms with Gasteiger partial charge in [-0.2, -0.15) is 0 Å². The minimum absolute atomic E-state index is 0.212. The van der Waals surface area contributed by atoms with Crippen LogP contribution in [0.15, 0.2) is 24.3 Å². The Bertz CT molecular complexity index is 292. The predicted molar refractivity (Wildman–Crippen MR) is 57.4 cm³/mol. The molecule has 0 spiro atoms. The van der Waals surface area contributed by atoms with Crippen molar-refractivity contribution < 1.29 is 4.39 Å².